The van der Waals surface area contributed by atoms with Crippen molar-refractivity contribution < 1.29 is 4.79 Å². The summed E-state index contributed by atoms with van der Waals surface area (Å²) in [5.41, 5.74) is 5.65. The Kier molecular flexibility index (Phi) is 5.59. The number of rotatable bonds is 5. The van der Waals surface area contributed by atoms with Crippen molar-refractivity contribution >= 4 is 17.2 Å². The summed E-state index contributed by atoms with van der Waals surface area (Å²) in [4.78, 5) is 18.2. The Morgan fingerprint density at radius 2 is 1.77 bits per heavy atom. The summed E-state index contributed by atoms with van der Waals surface area (Å²) >= 11 is 0. The molecular weight excluding hydrogens is 370 g/mol. The van der Waals surface area contributed by atoms with E-state index >= 15 is 0 Å². The molecule has 3 aliphatic carbocycles. The van der Waals surface area contributed by atoms with Gasteiger partial charge in [0, 0.05) is 35.5 Å². The van der Waals surface area contributed by atoms with E-state index in [1.54, 1.807) is 0 Å². The zero-order valence-electron chi connectivity index (χ0n) is 18.8. The van der Waals surface area contributed by atoms with Crippen molar-refractivity contribution in [2.45, 2.75) is 103 Å². The quantitative estimate of drug-likeness (QED) is 0.670. The van der Waals surface area contributed by atoms with E-state index in [0.29, 0.717) is 18.0 Å². The lowest BCUT2D eigenvalue weighted by Crippen LogP contribution is -2.36. The molecule has 0 spiro atoms. The summed E-state index contributed by atoms with van der Waals surface area (Å²) < 4.78 is 2.46. The Hall–Kier alpha value is -1.84. The Labute approximate surface area is 181 Å². The minimum absolute atomic E-state index is 0.123. The van der Waals surface area contributed by atoms with E-state index in [2.05, 4.69) is 35.9 Å². The van der Waals surface area contributed by atoms with Gasteiger partial charge in [0.05, 0.1) is 17.3 Å². The lowest BCUT2D eigenvalue weighted by Gasteiger charge is -2.25. The molecule has 2 unspecified atom stereocenters. The Bertz CT molecular complexity index is 865. The molecule has 4 nitrogen and oxygen atoms in total. The number of nitrogens with zero attached hydrogens (tertiary/aromatic N) is 2. The lowest BCUT2D eigenvalue weighted by atomic mass is 9.89. The molecule has 4 aliphatic rings. The molecule has 2 atom stereocenters. The first-order chi connectivity index (χ1) is 14.6. The van der Waals surface area contributed by atoms with E-state index in [4.69, 9.17) is 4.99 Å². The predicted molar refractivity (Wildman–Crippen MR) is 123 cm³/mol. The van der Waals surface area contributed by atoms with Crippen molar-refractivity contribution in [1.29, 1.82) is 0 Å². The Morgan fingerprint density at radius 1 is 1.07 bits per heavy atom. The number of carbonyl (C=O) groups is 1. The van der Waals surface area contributed by atoms with Crippen LogP contribution in [0.25, 0.3) is 5.57 Å². The van der Waals surface area contributed by atoms with Crippen LogP contribution in [0, 0.1) is 18.8 Å². The highest BCUT2D eigenvalue weighted by Gasteiger charge is 2.39. The second-order valence-corrected chi connectivity index (χ2v) is 10.2. The van der Waals surface area contributed by atoms with E-state index in [-0.39, 0.29) is 5.91 Å². The minimum atomic E-state index is 0.123. The summed E-state index contributed by atoms with van der Waals surface area (Å²) in [6.07, 6.45) is 16.4. The fraction of sp³-hybridized carbons (Fsp3) is 0.692. The molecule has 1 N–H and O–H groups in total. The predicted octanol–water partition coefficient (Wildman–Crippen LogP) is 5.69. The van der Waals surface area contributed by atoms with Crippen molar-refractivity contribution in [1.82, 2.24) is 9.88 Å². The Balaban J connectivity index is 1.45. The molecule has 4 heteroatoms. The van der Waals surface area contributed by atoms with Crippen LogP contribution in [0.2, 0.25) is 0 Å². The number of dihydropyridines is 1. The van der Waals surface area contributed by atoms with Crippen molar-refractivity contribution in [3.05, 3.63) is 29.1 Å². The number of allylic oxidation sites excluding steroid dienone is 1. The summed E-state index contributed by atoms with van der Waals surface area (Å²) in [6.45, 7) is 5.34. The second kappa shape index (κ2) is 8.36. The number of nitrogens with one attached hydrogen (secondary N) is 1. The second-order valence-electron chi connectivity index (χ2n) is 10.2. The molecule has 0 bridgehead atoms. The van der Waals surface area contributed by atoms with Gasteiger partial charge in [-0.2, -0.15) is 0 Å². The van der Waals surface area contributed by atoms with Gasteiger partial charge in [-0.1, -0.05) is 44.6 Å². The average molecular weight is 408 g/mol. The first-order valence-corrected chi connectivity index (χ1v) is 12.4. The first kappa shape index (κ1) is 20.1. The number of aromatic nitrogens is 1. The van der Waals surface area contributed by atoms with Gasteiger partial charge in [-0.05, 0) is 57.9 Å². The number of aliphatic imine (C=N–C) groups is 1. The molecule has 1 amide bonds. The fourth-order valence-corrected chi connectivity index (χ4v) is 5.92. The van der Waals surface area contributed by atoms with Gasteiger partial charge < -0.3 is 9.88 Å². The van der Waals surface area contributed by atoms with E-state index < -0.39 is 0 Å². The van der Waals surface area contributed by atoms with Crippen LogP contribution in [0.5, 0.6) is 0 Å². The van der Waals surface area contributed by atoms with Gasteiger partial charge in [-0.15, -0.1) is 0 Å². The first-order valence-electron chi connectivity index (χ1n) is 12.4. The van der Waals surface area contributed by atoms with Gasteiger partial charge in [0.15, 0.2) is 0 Å². The molecule has 162 valence electrons. The van der Waals surface area contributed by atoms with E-state index in [9.17, 15) is 4.79 Å². The van der Waals surface area contributed by atoms with E-state index in [1.807, 2.05) is 0 Å². The van der Waals surface area contributed by atoms with Crippen molar-refractivity contribution in [3.63, 3.8) is 0 Å². The lowest BCUT2D eigenvalue weighted by molar-refractivity contribution is 0.0927. The number of hydrogen-bond donors (Lipinski definition) is 1. The average Bonchev–Trinajstić information content (AvgIpc) is 3.44. The summed E-state index contributed by atoms with van der Waals surface area (Å²) in [5, 5.41) is 3.35. The van der Waals surface area contributed by atoms with Gasteiger partial charge in [-0.25, -0.2) is 0 Å². The molecule has 1 aromatic rings. The smallest absolute Gasteiger partial charge is 0.253 e. The topological polar surface area (TPSA) is 46.4 Å². The molecule has 1 aliphatic heterocycles. The van der Waals surface area contributed by atoms with Gasteiger partial charge >= 0.3 is 0 Å². The molecule has 5 rings (SSSR count). The van der Waals surface area contributed by atoms with Crippen LogP contribution in [0.3, 0.4) is 0 Å². The monoisotopic (exact) mass is 407 g/mol. The van der Waals surface area contributed by atoms with Gasteiger partial charge in [0.25, 0.3) is 5.91 Å². The van der Waals surface area contributed by atoms with Gasteiger partial charge in [-0.3, -0.25) is 9.79 Å². The molecular formula is C26H37N3O. The van der Waals surface area contributed by atoms with Crippen LogP contribution in [-0.2, 0) is 6.54 Å². The summed E-state index contributed by atoms with van der Waals surface area (Å²) in [7, 11) is 0. The molecule has 2 heterocycles. The largest absolute Gasteiger partial charge is 0.349 e. The zero-order valence-corrected chi connectivity index (χ0v) is 18.8. The molecule has 0 saturated heterocycles. The third-order valence-corrected chi connectivity index (χ3v) is 7.93. The van der Waals surface area contributed by atoms with Crippen LogP contribution >= 0.6 is 0 Å². The molecule has 3 saturated carbocycles. The number of fused-ring (bicyclic) bond motifs is 1. The highest BCUT2D eigenvalue weighted by atomic mass is 16.1. The van der Waals surface area contributed by atoms with Crippen LogP contribution in [0.15, 0.2) is 17.1 Å². The number of amides is 1. The van der Waals surface area contributed by atoms with Crippen LogP contribution < -0.4 is 5.32 Å². The SMILES string of the molecule is CC1=NC2CC2C=C1c1cc(C(=O)NC2CCCCC2)c(C)n1CC1CCCCC1. The molecule has 0 radical (unpaired) electrons. The van der Waals surface area contributed by atoms with Crippen LogP contribution in [0.4, 0.5) is 0 Å². The highest BCUT2D eigenvalue weighted by molar-refractivity contribution is 6.23. The van der Waals surface area contributed by atoms with E-state index in [0.717, 1.165) is 42.3 Å². The standard InChI is InChI=1S/C26H37N3O/c1-17-22(13-20-14-24(20)27-17)25-15-23(26(30)28-21-11-7-4-8-12-21)18(2)29(25)16-19-9-5-3-6-10-19/h13,15,19-21,24H,3-12,14,16H2,1-2H3,(H,28,30). The highest BCUT2D eigenvalue weighted by Crippen LogP contribution is 2.42. The minimum Gasteiger partial charge on any atom is -0.349 e. The summed E-state index contributed by atoms with van der Waals surface area (Å²) in [5.74, 6) is 1.47. The van der Waals surface area contributed by atoms with Crippen molar-refractivity contribution in [2.75, 3.05) is 0 Å². The normalized spacial score (nSPS) is 27.3. The van der Waals surface area contributed by atoms with Crippen LogP contribution in [0.1, 0.15) is 99.3 Å². The molecule has 30 heavy (non-hydrogen) atoms. The van der Waals surface area contributed by atoms with Crippen LogP contribution in [-0.4, -0.2) is 28.3 Å². The third-order valence-electron chi connectivity index (χ3n) is 7.93. The maximum Gasteiger partial charge on any atom is 0.253 e. The summed E-state index contributed by atoms with van der Waals surface area (Å²) in [6, 6.07) is 3.04. The van der Waals surface area contributed by atoms with E-state index in [1.165, 1.54) is 69.1 Å². The maximum atomic E-state index is 13.3. The Morgan fingerprint density at radius 3 is 2.50 bits per heavy atom. The number of carbonyl (C=O) groups excluding carboxylic acids is 1. The van der Waals surface area contributed by atoms with Gasteiger partial charge in [0.1, 0.15) is 0 Å². The third kappa shape index (κ3) is 4.02. The van der Waals surface area contributed by atoms with Gasteiger partial charge in [0.2, 0.25) is 0 Å². The van der Waals surface area contributed by atoms with Crippen molar-refractivity contribution in [3.8, 4) is 0 Å². The molecule has 1 aromatic heterocycles. The molecule has 3 fully saturated rings. The van der Waals surface area contributed by atoms with Crippen molar-refractivity contribution in [2.24, 2.45) is 16.8 Å². The molecule has 0 aromatic carbocycles. The fourth-order valence-electron chi connectivity index (χ4n) is 5.92. The number of hydrogen-bond acceptors (Lipinski definition) is 2. The zero-order chi connectivity index (χ0) is 20.7. The maximum absolute atomic E-state index is 13.3.